The van der Waals surface area contributed by atoms with Crippen LogP contribution in [0.25, 0.3) is 0 Å². The van der Waals surface area contributed by atoms with Crippen molar-refractivity contribution < 1.29 is 0 Å². The van der Waals surface area contributed by atoms with E-state index in [1.165, 1.54) is 22.7 Å². The third-order valence-corrected chi connectivity index (χ3v) is 3.86. The standard InChI is InChI=1S/C14H16N4O2/c1-18-12(15)11(13(19)17-14(18)20)16-7-9-6-8-4-2-3-5-10(8)9/h2-5,9,16H,6-7,15H2,1H3,(H,17,19,20). The van der Waals surface area contributed by atoms with Crippen molar-refractivity contribution in [2.75, 3.05) is 17.6 Å². The Labute approximate surface area is 115 Å². The van der Waals surface area contributed by atoms with Gasteiger partial charge in [-0.15, -0.1) is 0 Å². The zero-order valence-electron chi connectivity index (χ0n) is 11.1. The van der Waals surface area contributed by atoms with E-state index >= 15 is 0 Å². The first-order valence-corrected chi connectivity index (χ1v) is 6.48. The molecule has 0 bridgehead atoms. The van der Waals surface area contributed by atoms with Crippen molar-refractivity contribution in [2.45, 2.75) is 12.3 Å². The SMILES string of the molecule is Cn1c(N)c(NCC2Cc3ccccc32)c(=O)[nH]c1=O. The Kier molecular flexibility index (Phi) is 2.85. The van der Waals surface area contributed by atoms with Gasteiger partial charge in [0.2, 0.25) is 0 Å². The minimum Gasteiger partial charge on any atom is -0.383 e. The molecule has 1 aromatic heterocycles. The lowest BCUT2D eigenvalue weighted by atomic mass is 9.77. The number of nitrogens with two attached hydrogens (primary N) is 1. The number of H-pyrrole nitrogens is 1. The molecule has 2 aromatic rings. The van der Waals surface area contributed by atoms with E-state index in [0.29, 0.717) is 12.5 Å². The van der Waals surface area contributed by atoms with Crippen molar-refractivity contribution in [3.63, 3.8) is 0 Å². The lowest BCUT2D eigenvalue weighted by molar-refractivity contribution is 0.634. The maximum absolute atomic E-state index is 11.8. The van der Waals surface area contributed by atoms with Gasteiger partial charge in [-0.3, -0.25) is 14.3 Å². The Morgan fingerprint density at radius 1 is 1.40 bits per heavy atom. The molecule has 104 valence electrons. The van der Waals surface area contributed by atoms with Gasteiger partial charge < -0.3 is 11.1 Å². The first-order chi connectivity index (χ1) is 9.58. The van der Waals surface area contributed by atoms with Crippen molar-refractivity contribution >= 4 is 11.5 Å². The zero-order chi connectivity index (χ0) is 14.3. The van der Waals surface area contributed by atoms with Crippen LogP contribution in [0.1, 0.15) is 17.0 Å². The molecule has 3 rings (SSSR count). The lowest BCUT2D eigenvalue weighted by Crippen LogP contribution is -2.34. The maximum Gasteiger partial charge on any atom is 0.329 e. The van der Waals surface area contributed by atoms with Gasteiger partial charge in [0.25, 0.3) is 5.56 Å². The smallest absolute Gasteiger partial charge is 0.329 e. The fourth-order valence-corrected chi connectivity index (χ4v) is 2.58. The van der Waals surface area contributed by atoms with E-state index in [4.69, 9.17) is 5.73 Å². The highest BCUT2D eigenvalue weighted by Crippen LogP contribution is 2.34. The summed E-state index contributed by atoms with van der Waals surface area (Å²) in [5, 5.41) is 3.06. The van der Waals surface area contributed by atoms with Crippen LogP contribution in [0.5, 0.6) is 0 Å². The number of anilines is 2. The fraction of sp³-hybridized carbons (Fsp3) is 0.286. The monoisotopic (exact) mass is 272 g/mol. The van der Waals surface area contributed by atoms with Crippen LogP contribution in [0, 0.1) is 0 Å². The van der Waals surface area contributed by atoms with Crippen LogP contribution in [0.3, 0.4) is 0 Å². The average Bonchev–Trinajstić information content (AvgIpc) is 2.40. The second-order valence-electron chi connectivity index (χ2n) is 5.06. The van der Waals surface area contributed by atoms with Crippen LogP contribution in [-0.2, 0) is 13.5 Å². The van der Waals surface area contributed by atoms with Crippen LogP contribution in [-0.4, -0.2) is 16.1 Å². The third kappa shape index (κ3) is 1.89. The van der Waals surface area contributed by atoms with Gasteiger partial charge in [-0.05, 0) is 17.5 Å². The van der Waals surface area contributed by atoms with Gasteiger partial charge in [0.1, 0.15) is 11.5 Å². The molecule has 0 saturated carbocycles. The average molecular weight is 272 g/mol. The molecular formula is C14H16N4O2. The summed E-state index contributed by atoms with van der Waals surface area (Å²) in [6, 6.07) is 8.25. The number of benzene rings is 1. The highest BCUT2D eigenvalue weighted by Gasteiger charge is 2.25. The molecule has 1 atom stereocenters. The summed E-state index contributed by atoms with van der Waals surface area (Å²) >= 11 is 0. The van der Waals surface area contributed by atoms with Crippen molar-refractivity contribution in [2.24, 2.45) is 7.05 Å². The first kappa shape index (κ1) is 12.5. The normalized spacial score (nSPS) is 16.4. The number of rotatable bonds is 3. The van der Waals surface area contributed by atoms with E-state index in [1.807, 2.05) is 12.1 Å². The van der Waals surface area contributed by atoms with E-state index in [2.05, 4.69) is 22.4 Å². The Balaban J connectivity index is 1.80. The Hall–Kier alpha value is -2.50. The van der Waals surface area contributed by atoms with Gasteiger partial charge in [-0.2, -0.15) is 0 Å². The van der Waals surface area contributed by atoms with Crippen LogP contribution in [0.2, 0.25) is 0 Å². The molecule has 6 nitrogen and oxygen atoms in total. The van der Waals surface area contributed by atoms with Crippen LogP contribution < -0.4 is 22.3 Å². The quantitative estimate of drug-likeness (QED) is 0.754. The molecule has 0 saturated heterocycles. The summed E-state index contributed by atoms with van der Waals surface area (Å²) in [6.07, 6.45) is 0.993. The van der Waals surface area contributed by atoms with Crippen molar-refractivity contribution in [3.8, 4) is 0 Å². The van der Waals surface area contributed by atoms with E-state index in [1.54, 1.807) is 0 Å². The molecule has 6 heteroatoms. The Morgan fingerprint density at radius 3 is 2.90 bits per heavy atom. The number of nitrogen functional groups attached to an aromatic ring is 1. The second-order valence-corrected chi connectivity index (χ2v) is 5.06. The van der Waals surface area contributed by atoms with Gasteiger partial charge in [0.15, 0.2) is 0 Å². The topological polar surface area (TPSA) is 92.9 Å². The molecular weight excluding hydrogens is 256 g/mol. The number of aromatic nitrogens is 2. The lowest BCUT2D eigenvalue weighted by Gasteiger charge is -2.30. The first-order valence-electron chi connectivity index (χ1n) is 6.48. The van der Waals surface area contributed by atoms with Crippen LogP contribution in [0.4, 0.5) is 11.5 Å². The van der Waals surface area contributed by atoms with Crippen LogP contribution >= 0.6 is 0 Å². The fourth-order valence-electron chi connectivity index (χ4n) is 2.58. The molecule has 1 unspecified atom stereocenters. The van der Waals surface area contributed by atoms with Gasteiger partial charge in [-0.25, -0.2) is 4.79 Å². The molecule has 1 aliphatic carbocycles. The molecule has 20 heavy (non-hydrogen) atoms. The predicted molar refractivity (Wildman–Crippen MR) is 78.1 cm³/mol. The van der Waals surface area contributed by atoms with E-state index < -0.39 is 11.2 Å². The largest absolute Gasteiger partial charge is 0.383 e. The molecule has 0 spiro atoms. The molecule has 0 amide bonds. The zero-order valence-corrected chi connectivity index (χ0v) is 11.1. The molecule has 0 radical (unpaired) electrons. The Bertz CT molecular complexity index is 775. The summed E-state index contributed by atoms with van der Waals surface area (Å²) in [5.74, 6) is 0.536. The summed E-state index contributed by atoms with van der Waals surface area (Å²) in [4.78, 5) is 25.4. The number of hydrogen-bond acceptors (Lipinski definition) is 4. The maximum atomic E-state index is 11.8. The third-order valence-electron chi connectivity index (χ3n) is 3.86. The molecule has 1 aliphatic rings. The van der Waals surface area contributed by atoms with E-state index in [0.717, 1.165) is 6.42 Å². The molecule has 4 N–H and O–H groups in total. The number of fused-ring (bicyclic) bond motifs is 1. The molecule has 1 heterocycles. The van der Waals surface area contributed by atoms with Gasteiger partial charge in [0.05, 0.1) is 0 Å². The highest BCUT2D eigenvalue weighted by molar-refractivity contribution is 5.60. The number of nitrogens with one attached hydrogen (secondary N) is 2. The predicted octanol–water partition coefficient (Wildman–Crippen LogP) is 0.408. The van der Waals surface area contributed by atoms with E-state index in [-0.39, 0.29) is 11.5 Å². The summed E-state index contributed by atoms with van der Waals surface area (Å²) < 4.78 is 1.22. The van der Waals surface area contributed by atoms with Crippen molar-refractivity contribution in [1.82, 2.24) is 9.55 Å². The van der Waals surface area contributed by atoms with Crippen molar-refractivity contribution in [1.29, 1.82) is 0 Å². The van der Waals surface area contributed by atoms with E-state index in [9.17, 15) is 9.59 Å². The second kappa shape index (κ2) is 4.56. The number of nitrogens with zero attached hydrogens (tertiary/aromatic N) is 1. The molecule has 1 aromatic carbocycles. The molecule has 0 fully saturated rings. The summed E-state index contributed by atoms with van der Waals surface area (Å²) in [7, 11) is 1.53. The minimum atomic E-state index is -0.507. The molecule has 0 aliphatic heterocycles. The van der Waals surface area contributed by atoms with Crippen molar-refractivity contribution in [3.05, 3.63) is 56.2 Å². The Morgan fingerprint density at radius 2 is 2.15 bits per heavy atom. The highest BCUT2D eigenvalue weighted by atomic mass is 16.2. The minimum absolute atomic E-state index is 0.159. The number of hydrogen-bond donors (Lipinski definition) is 3. The van der Waals surface area contributed by atoms with Gasteiger partial charge in [0, 0.05) is 19.5 Å². The summed E-state index contributed by atoms with van der Waals surface area (Å²) in [5.41, 5.74) is 7.74. The van der Waals surface area contributed by atoms with Crippen LogP contribution in [0.15, 0.2) is 33.9 Å². The van der Waals surface area contributed by atoms with Gasteiger partial charge >= 0.3 is 5.69 Å². The number of aromatic amines is 1. The van der Waals surface area contributed by atoms with Gasteiger partial charge in [-0.1, -0.05) is 24.3 Å². The summed E-state index contributed by atoms with van der Waals surface area (Å²) in [6.45, 7) is 0.627.